The van der Waals surface area contributed by atoms with Crippen LogP contribution < -0.4 is 30.4 Å². The van der Waals surface area contributed by atoms with Crippen LogP contribution in [0, 0.1) is 25.7 Å². The first-order chi connectivity index (χ1) is 28.5. The molecule has 2 aromatic heterocycles. The Labute approximate surface area is 345 Å². The Morgan fingerprint density at radius 1 is 0.567 bits per heavy atom. The lowest BCUT2D eigenvalue weighted by Gasteiger charge is -2.19. The van der Waals surface area contributed by atoms with E-state index in [0.717, 1.165) is 0 Å². The summed E-state index contributed by atoms with van der Waals surface area (Å²) in [6.07, 6.45) is -1.48. The minimum Gasteiger partial charge on any atom is -0.490 e. The van der Waals surface area contributed by atoms with Crippen LogP contribution in [0.4, 0.5) is 0 Å². The van der Waals surface area contributed by atoms with Crippen LogP contribution in [0.5, 0.6) is 23.0 Å². The quantitative estimate of drug-likeness (QED) is 0.0386. The number of aryl methyl sites for hydroxylation is 2. The number of rotatable bonds is 22. The second kappa shape index (κ2) is 18.8. The van der Waals surface area contributed by atoms with Gasteiger partial charge in [-0.25, -0.2) is 9.59 Å². The number of amides is 2. The summed E-state index contributed by atoms with van der Waals surface area (Å²) in [7, 11) is 0. The van der Waals surface area contributed by atoms with Crippen LogP contribution in [-0.4, -0.2) is 80.1 Å². The predicted molar refractivity (Wildman–Crippen MR) is 221 cm³/mol. The maximum absolute atomic E-state index is 13.1. The van der Waals surface area contributed by atoms with Crippen LogP contribution in [0.25, 0.3) is 21.8 Å². The third-order valence-corrected chi connectivity index (χ3v) is 10.1. The van der Waals surface area contributed by atoms with Gasteiger partial charge in [0.15, 0.2) is 23.7 Å². The molecule has 0 aliphatic carbocycles. The van der Waals surface area contributed by atoms with Crippen molar-refractivity contribution in [2.45, 2.75) is 79.7 Å². The van der Waals surface area contributed by atoms with Crippen molar-refractivity contribution in [2.24, 2.45) is 23.3 Å². The average Bonchev–Trinajstić information content (AvgIpc) is 3.64. The fourth-order valence-electron chi connectivity index (χ4n) is 7.27. The molecule has 0 aliphatic heterocycles. The van der Waals surface area contributed by atoms with Gasteiger partial charge in [0.05, 0.1) is 46.1 Å². The van der Waals surface area contributed by atoms with E-state index >= 15 is 0 Å². The van der Waals surface area contributed by atoms with Gasteiger partial charge in [-0.05, 0) is 63.1 Å². The number of para-hydroxylation sites is 2. The number of aliphatic carboxylic acids is 2. The van der Waals surface area contributed by atoms with Crippen molar-refractivity contribution in [3.05, 3.63) is 83.2 Å². The fraction of sp³-hybridized carbons (Fsp3) is 0.364. The fourth-order valence-corrected chi connectivity index (χ4v) is 7.27. The Balaban J connectivity index is 1.30. The highest BCUT2D eigenvalue weighted by molar-refractivity contribution is 6.45. The van der Waals surface area contributed by atoms with Crippen LogP contribution in [0.2, 0.25) is 0 Å². The molecule has 60 heavy (non-hydrogen) atoms. The van der Waals surface area contributed by atoms with Crippen molar-refractivity contribution in [1.29, 1.82) is 0 Å². The minimum atomic E-state index is -1.20. The summed E-state index contributed by atoms with van der Waals surface area (Å²) in [5.41, 5.74) is 13.0. The third-order valence-electron chi connectivity index (χ3n) is 10.1. The van der Waals surface area contributed by atoms with Crippen molar-refractivity contribution >= 4 is 57.1 Å². The van der Waals surface area contributed by atoms with E-state index in [-0.39, 0.29) is 47.7 Å². The van der Waals surface area contributed by atoms with Crippen molar-refractivity contribution < 1.29 is 57.9 Å². The zero-order chi connectivity index (χ0) is 44.0. The molecule has 2 amide bonds. The highest BCUT2D eigenvalue weighted by Gasteiger charge is 2.31. The van der Waals surface area contributed by atoms with Crippen molar-refractivity contribution in [2.75, 3.05) is 13.2 Å². The normalized spacial score (nSPS) is 12.4. The molecule has 0 radical (unpaired) electrons. The topological polar surface area (TPSA) is 242 Å². The number of nitrogens with two attached hydrogens (primary N) is 2. The Hall–Kier alpha value is -6.84. The number of carboxylic acid groups (broad SMARTS) is 2. The summed E-state index contributed by atoms with van der Waals surface area (Å²) < 4.78 is 27.8. The van der Waals surface area contributed by atoms with Crippen molar-refractivity contribution in [1.82, 2.24) is 9.13 Å². The molecule has 5 aromatic rings. The zero-order valence-corrected chi connectivity index (χ0v) is 34.4. The molecular formula is C44H50N4O12. The molecule has 3 aromatic carbocycles. The van der Waals surface area contributed by atoms with Crippen LogP contribution >= 0.6 is 0 Å². The molecule has 0 spiro atoms. The minimum absolute atomic E-state index is 0.0474. The van der Waals surface area contributed by atoms with Gasteiger partial charge in [0.1, 0.15) is 11.5 Å². The summed E-state index contributed by atoms with van der Waals surface area (Å²) in [6, 6.07) is 17.1. The summed E-state index contributed by atoms with van der Waals surface area (Å²) in [4.78, 5) is 74.3. The third kappa shape index (κ3) is 9.22. The Morgan fingerprint density at radius 2 is 0.917 bits per heavy atom. The second-order valence-electron chi connectivity index (χ2n) is 15.0. The number of nitrogens with zero attached hydrogens (tertiary/aromatic N) is 2. The molecule has 0 saturated carbocycles. The Bertz CT molecular complexity index is 2290. The first kappa shape index (κ1) is 44.3. The Kier molecular flexibility index (Phi) is 13.9. The number of carbonyl (C=O) groups is 6. The van der Waals surface area contributed by atoms with Gasteiger partial charge < -0.3 is 49.8 Å². The van der Waals surface area contributed by atoms with E-state index in [1.807, 2.05) is 9.13 Å². The van der Waals surface area contributed by atoms with Gasteiger partial charge in [0.2, 0.25) is 0 Å². The molecule has 318 valence electrons. The van der Waals surface area contributed by atoms with Gasteiger partial charge in [0, 0.05) is 36.3 Å². The molecule has 16 heteroatoms. The van der Waals surface area contributed by atoms with E-state index in [9.17, 15) is 39.0 Å². The maximum Gasteiger partial charge on any atom is 0.345 e. The number of hydrogen-bond acceptors (Lipinski definition) is 10. The number of fused-ring (bicyclic) bond motifs is 2. The smallest absolute Gasteiger partial charge is 0.345 e. The standard InChI is InChI=1S/C44H50N4O12/c1-23(2)39(43(53)54)59-31-17-9-13-27-35(31)33(37(49)41(45)51)25(5)47(27)19-11-21-57-29-15-7-8-16-30(29)58-22-12-20-48-26(6)34(38(50)42(46)52)36-28(48)14-10-18-32(36)60-40(24(3)4)44(55)56/h7-10,13-18,23-24,39-40H,11-12,19-22H2,1-6H3,(H2,45,51)(H2,46,52)(H,53,54)(H,55,56). The summed E-state index contributed by atoms with van der Waals surface area (Å²) in [6.45, 7) is 11.4. The van der Waals surface area contributed by atoms with Crippen LogP contribution in [0.3, 0.4) is 0 Å². The number of carbonyl (C=O) groups excluding carboxylic acids is 4. The monoisotopic (exact) mass is 826 g/mol. The molecule has 0 aliphatic rings. The molecule has 2 heterocycles. The van der Waals surface area contributed by atoms with Gasteiger partial charge in [-0.1, -0.05) is 52.0 Å². The lowest BCUT2D eigenvalue weighted by molar-refractivity contribution is -0.147. The number of carboxylic acids is 2. The summed E-state index contributed by atoms with van der Waals surface area (Å²) in [5.74, 6) is -5.98. The average molecular weight is 827 g/mol. The molecule has 16 nitrogen and oxygen atoms in total. The molecule has 2 atom stereocenters. The molecule has 6 N–H and O–H groups in total. The zero-order valence-electron chi connectivity index (χ0n) is 34.4. The number of aromatic nitrogens is 2. The second-order valence-corrected chi connectivity index (χ2v) is 15.0. The molecular weight excluding hydrogens is 776 g/mol. The van der Waals surface area contributed by atoms with Gasteiger partial charge in [-0.3, -0.25) is 19.2 Å². The number of ketones is 2. The highest BCUT2D eigenvalue weighted by Crippen LogP contribution is 2.37. The van der Waals surface area contributed by atoms with Gasteiger partial charge in [-0.2, -0.15) is 0 Å². The largest absolute Gasteiger partial charge is 0.490 e. The lowest BCUT2D eigenvalue weighted by atomic mass is 10.0. The van der Waals surface area contributed by atoms with Crippen LogP contribution in [0.1, 0.15) is 72.6 Å². The molecule has 2 unspecified atom stereocenters. The number of benzene rings is 3. The number of ether oxygens (including phenoxy) is 4. The van der Waals surface area contributed by atoms with Crippen molar-refractivity contribution in [3.63, 3.8) is 0 Å². The van der Waals surface area contributed by atoms with Crippen LogP contribution in [-0.2, 0) is 32.3 Å². The van der Waals surface area contributed by atoms with Gasteiger partial charge >= 0.3 is 11.9 Å². The van der Waals surface area contributed by atoms with E-state index < -0.39 is 47.5 Å². The number of Topliss-reactive ketones (excluding diaryl/α,β-unsaturated/α-hetero) is 2. The van der Waals surface area contributed by atoms with E-state index in [1.54, 1.807) is 102 Å². The highest BCUT2D eigenvalue weighted by atomic mass is 16.5. The first-order valence-electron chi connectivity index (χ1n) is 19.5. The van der Waals surface area contributed by atoms with E-state index in [4.69, 9.17) is 30.4 Å². The van der Waals surface area contributed by atoms with E-state index in [1.165, 1.54) is 0 Å². The Morgan fingerprint density at radius 3 is 1.23 bits per heavy atom. The van der Waals surface area contributed by atoms with E-state index in [2.05, 4.69) is 0 Å². The molecule has 0 fully saturated rings. The van der Waals surface area contributed by atoms with Crippen LogP contribution in [0.15, 0.2) is 60.7 Å². The predicted octanol–water partition coefficient (Wildman–Crippen LogP) is 5.46. The van der Waals surface area contributed by atoms with Gasteiger partial charge in [0.25, 0.3) is 23.4 Å². The number of primary amides is 2. The lowest BCUT2D eigenvalue weighted by Crippen LogP contribution is -2.32. The van der Waals surface area contributed by atoms with Gasteiger partial charge in [-0.15, -0.1) is 0 Å². The van der Waals surface area contributed by atoms with E-state index in [0.29, 0.717) is 70.6 Å². The molecule has 5 rings (SSSR count). The SMILES string of the molecule is Cc1c(C(=O)C(N)=O)c2c(OC(C(=O)O)C(C)C)cccc2n1CCCOc1ccccc1OCCCn1c(C)c(C(=O)C(N)=O)c2c(OC(C(=O)O)C(C)C)cccc21. The first-order valence-corrected chi connectivity index (χ1v) is 19.5. The molecule has 0 bridgehead atoms. The number of hydrogen-bond donors (Lipinski definition) is 4. The summed E-state index contributed by atoms with van der Waals surface area (Å²) in [5, 5.41) is 20.1. The van der Waals surface area contributed by atoms with Crippen molar-refractivity contribution in [3.8, 4) is 23.0 Å². The summed E-state index contributed by atoms with van der Waals surface area (Å²) >= 11 is 0. The maximum atomic E-state index is 13.1. The molecule has 0 saturated heterocycles.